The summed E-state index contributed by atoms with van der Waals surface area (Å²) in [5.74, 6) is -4.94. The number of ether oxygens (including phenoxy) is 1. The molecule has 2 aromatic rings. The van der Waals surface area contributed by atoms with Crippen LogP contribution in [0.1, 0.15) is 11.1 Å². The molecule has 2 aromatic carbocycles. The Kier molecular flexibility index (Phi) is 5.83. The number of amidine groups is 1. The number of nitrogens with two attached hydrogens (primary N) is 1. The Morgan fingerprint density at radius 1 is 1.25 bits per heavy atom. The molecule has 0 aliphatic rings. The van der Waals surface area contributed by atoms with E-state index < -0.39 is 40.7 Å². The van der Waals surface area contributed by atoms with Gasteiger partial charge in [-0.05, 0) is 30.7 Å². The fraction of sp³-hybridized carbons (Fsp3) is 0.118. The number of para-hydroxylation sites is 1. The first-order chi connectivity index (χ1) is 13.0. The Morgan fingerprint density at radius 3 is 2.36 bits per heavy atom. The summed E-state index contributed by atoms with van der Waals surface area (Å²) >= 11 is 0. The number of aryl methyl sites for hydroxylation is 1. The number of alkyl halides is 3. The van der Waals surface area contributed by atoms with Gasteiger partial charge in [-0.2, -0.15) is 23.5 Å². The Hall–Kier alpha value is -3.68. The van der Waals surface area contributed by atoms with Gasteiger partial charge in [-0.15, -0.1) is 0 Å². The van der Waals surface area contributed by atoms with Crippen LogP contribution in [-0.2, 0) is 6.18 Å². The summed E-state index contributed by atoms with van der Waals surface area (Å²) in [4.78, 5) is 0. The van der Waals surface area contributed by atoms with Crippen LogP contribution in [0.5, 0.6) is 11.5 Å². The summed E-state index contributed by atoms with van der Waals surface area (Å²) in [7, 11) is 0. The van der Waals surface area contributed by atoms with Crippen molar-refractivity contribution in [3.05, 3.63) is 53.1 Å². The van der Waals surface area contributed by atoms with E-state index in [4.69, 9.17) is 21.1 Å². The van der Waals surface area contributed by atoms with Crippen molar-refractivity contribution in [1.29, 1.82) is 10.7 Å². The maximum absolute atomic E-state index is 14.0. The van der Waals surface area contributed by atoms with E-state index in [2.05, 4.69) is 10.5 Å². The minimum atomic E-state index is -4.93. The van der Waals surface area contributed by atoms with E-state index in [1.165, 1.54) is 12.1 Å². The molecular formula is C17H12F5N5O. The number of rotatable bonds is 5. The molecule has 4 N–H and O–H groups in total. The second-order valence-electron chi connectivity index (χ2n) is 5.41. The zero-order valence-corrected chi connectivity index (χ0v) is 14.2. The normalized spacial score (nSPS) is 11.7. The number of hydrazone groups is 1. The van der Waals surface area contributed by atoms with Gasteiger partial charge < -0.3 is 10.5 Å². The summed E-state index contributed by atoms with van der Waals surface area (Å²) in [5, 5.41) is 19.6. The lowest BCUT2D eigenvalue weighted by atomic mass is 10.1. The van der Waals surface area contributed by atoms with Crippen LogP contribution in [0.2, 0.25) is 0 Å². The molecule has 0 fully saturated rings. The molecule has 0 amide bonds. The minimum Gasteiger partial charge on any atom is -0.449 e. The lowest BCUT2D eigenvalue weighted by molar-refractivity contribution is -0.138. The third kappa shape index (κ3) is 4.53. The van der Waals surface area contributed by atoms with Crippen molar-refractivity contribution < 1.29 is 26.7 Å². The van der Waals surface area contributed by atoms with E-state index >= 15 is 0 Å². The highest BCUT2D eigenvalue weighted by atomic mass is 19.4. The number of halogens is 5. The molecule has 0 aliphatic carbocycles. The van der Waals surface area contributed by atoms with E-state index in [0.717, 1.165) is 0 Å². The number of nitrogens with zero attached hydrogens (tertiary/aromatic N) is 2. The fourth-order valence-electron chi connectivity index (χ4n) is 2.06. The maximum Gasteiger partial charge on any atom is 0.416 e. The summed E-state index contributed by atoms with van der Waals surface area (Å²) in [6.45, 7) is 1.57. The van der Waals surface area contributed by atoms with Gasteiger partial charge >= 0.3 is 6.18 Å². The van der Waals surface area contributed by atoms with Gasteiger partial charge in [-0.25, -0.2) is 8.78 Å². The average Bonchev–Trinajstić information content (AvgIpc) is 2.59. The number of hydrogen-bond donors (Lipinski definition) is 3. The molecule has 2 rings (SSSR count). The zero-order chi connectivity index (χ0) is 21.1. The molecule has 0 unspecified atom stereocenters. The summed E-state index contributed by atoms with van der Waals surface area (Å²) in [6.07, 6.45) is -4.93. The number of benzene rings is 2. The van der Waals surface area contributed by atoms with Crippen LogP contribution < -0.4 is 15.9 Å². The first kappa shape index (κ1) is 20.6. The Bertz CT molecular complexity index is 971. The molecule has 146 valence electrons. The van der Waals surface area contributed by atoms with Crippen LogP contribution in [0.4, 0.5) is 27.6 Å². The third-order valence-corrected chi connectivity index (χ3v) is 3.41. The standard InChI is InChI=1S/C17H12F5N5O/c1-8-3-2-4-13(14(8)27-26-12(7-23)16(24)25)28-15-10(18)5-9(6-11(15)19)17(20,21)22/h2-6,27H,1H3,(H3,24,25)/b26-12+. The van der Waals surface area contributed by atoms with Gasteiger partial charge in [0.1, 0.15) is 11.8 Å². The second-order valence-corrected chi connectivity index (χ2v) is 5.41. The predicted octanol–water partition coefficient (Wildman–Crippen LogP) is 4.31. The molecule has 0 spiro atoms. The lowest BCUT2D eigenvalue weighted by Gasteiger charge is -2.15. The molecule has 0 bridgehead atoms. The smallest absolute Gasteiger partial charge is 0.416 e. The topological polar surface area (TPSA) is 107 Å². The van der Waals surface area contributed by atoms with Crippen molar-refractivity contribution in [2.45, 2.75) is 13.1 Å². The van der Waals surface area contributed by atoms with Gasteiger partial charge in [0.15, 0.2) is 29.0 Å². The Balaban J connectivity index is 2.45. The SMILES string of the molecule is Cc1cccc(Oc2c(F)cc(C(F)(F)F)cc2F)c1N/N=C(\C#N)C(=N)N. The molecule has 6 nitrogen and oxygen atoms in total. The van der Waals surface area contributed by atoms with Gasteiger partial charge in [-0.3, -0.25) is 10.8 Å². The van der Waals surface area contributed by atoms with Crippen molar-refractivity contribution >= 4 is 17.2 Å². The molecule has 0 heterocycles. The molecule has 0 saturated carbocycles. The van der Waals surface area contributed by atoms with Gasteiger partial charge in [0.2, 0.25) is 5.71 Å². The largest absolute Gasteiger partial charge is 0.449 e. The fourth-order valence-corrected chi connectivity index (χ4v) is 2.06. The van der Waals surface area contributed by atoms with E-state index in [1.807, 2.05) is 0 Å². The van der Waals surface area contributed by atoms with Crippen LogP contribution in [0.15, 0.2) is 35.4 Å². The summed E-state index contributed by atoms with van der Waals surface area (Å²) in [6, 6.07) is 6.12. The van der Waals surface area contributed by atoms with Gasteiger partial charge in [0, 0.05) is 0 Å². The van der Waals surface area contributed by atoms with E-state index in [9.17, 15) is 22.0 Å². The number of nitriles is 1. The van der Waals surface area contributed by atoms with Crippen LogP contribution in [0, 0.1) is 35.3 Å². The average molecular weight is 397 g/mol. The van der Waals surface area contributed by atoms with Gasteiger partial charge in [0.25, 0.3) is 0 Å². The lowest BCUT2D eigenvalue weighted by Crippen LogP contribution is -2.22. The van der Waals surface area contributed by atoms with Crippen LogP contribution in [-0.4, -0.2) is 11.5 Å². The van der Waals surface area contributed by atoms with Crippen molar-refractivity contribution in [1.82, 2.24) is 0 Å². The zero-order valence-electron chi connectivity index (χ0n) is 14.2. The molecule has 28 heavy (non-hydrogen) atoms. The van der Waals surface area contributed by atoms with Crippen LogP contribution in [0.25, 0.3) is 0 Å². The molecular weight excluding hydrogens is 385 g/mol. The first-order valence-corrected chi connectivity index (χ1v) is 7.46. The second kappa shape index (κ2) is 7.91. The molecule has 0 aromatic heterocycles. The number of hydrogen-bond acceptors (Lipinski definition) is 5. The maximum atomic E-state index is 14.0. The summed E-state index contributed by atoms with van der Waals surface area (Å²) < 4.78 is 71.1. The monoisotopic (exact) mass is 397 g/mol. The molecule has 0 radical (unpaired) electrons. The summed E-state index contributed by atoms with van der Waals surface area (Å²) in [5.41, 5.74) is 6.15. The third-order valence-electron chi connectivity index (χ3n) is 3.41. The van der Waals surface area contributed by atoms with Crippen molar-refractivity contribution in [3.63, 3.8) is 0 Å². The Labute approximate surface area is 155 Å². The number of nitrogens with one attached hydrogen (secondary N) is 2. The highest BCUT2D eigenvalue weighted by Gasteiger charge is 2.33. The van der Waals surface area contributed by atoms with Gasteiger partial charge in [-0.1, -0.05) is 12.1 Å². The van der Waals surface area contributed by atoms with E-state index in [1.54, 1.807) is 19.1 Å². The van der Waals surface area contributed by atoms with E-state index in [0.29, 0.717) is 5.56 Å². The van der Waals surface area contributed by atoms with Gasteiger partial charge in [0.05, 0.1) is 5.56 Å². The van der Waals surface area contributed by atoms with Crippen LogP contribution in [0.3, 0.4) is 0 Å². The Morgan fingerprint density at radius 2 is 1.86 bits per heavy atom. The van der Waals surface area contributed by atoms with Crippen LogP contribution >= 0.6 is 0 Å². The highest BCUT2D eigenvalue weighted by molar-refractivity contribution is 6.45. The number of anilines is 1. The molecule has 0 saturated heterocycles. The van der Waals surface area contributed by atoms with Crippen molar-refractivity contribution in [3.8, 4) is 17.6 Å². The van der Waals surface area contributed by atoms with Crippen molar-refractivity contribution in [2.24, 2.45) is 10.8 Å². The molecule has 0 atom stereocenters. The quantitative estimate of drug-likeness (QED) is 0.302. The highest BCUT2D eigenvalue weighted by Crippen LogP contribution is 2.38. The molecule has 11 heteroatoms. The first-order valence-electron chi connectivity index (χ1n) is 7.46. The predicted molar refractivity (Wildman–Crippen MR) is 91.2 cm³/mol. The van der Waals surface area contributed by atoms with Crippen molar-refractivity contribution in [2.75, 3.05) is 5.43 Å². The minimum absolute atomic E-state index is 0.0650. The van der Waals surface area contributed by atoms with E-state index in [-0.39, 0.29) is 23.6 Å². The molecule has 0 aliphatic heterocycles.